The monoisotopic (exact) mass is 359 g/mol. The van der Waals surface area contributed by atoms with E-state index in [9.17, 15) is 17.6 Å². The van der Waals surface area contributed by atoms with Crippen LogP contribution >= 0.6 is 15.9 Å². The SMILES string of the molecule is Fc1cc2[nH]c(-c3ccc(C(F)(F)F)cn3)nc2cc1Br. The number of nitrogens with one attached hydrogen (secondary N) is 1. The van der Waals surface area contributed by atoms with Gasteiger partial charge in [-0.3, -0.25) is 4.98 Å². The van der Waals surface area contributed by atoms with E-state index in [1.807, 2.05) is 0 Å². The van der Waals surface area contributed by atoms with E-state index < -0.39 is 17.6 Å². The Morgan fingerprint density at radius 3 is 2.52 bits per heavy atom. The zero-order valence-electron chi connectivity index (χ0n) is 10.2. The Morgan fingerprint density at radius 2 is 1.90 bits per heavy atom. The lowest BCUT2D eigenvalue weighted by Crippen LogP contribution is -2.05. The molecule has 0 aliphatic heterocycles. The van der Waals surface area contributed by atoms with Crippen LogP contribution in [0.25, 0.3) is 22.6 Å². The van der Waals surface area contributed by atoms with Crippen LogP contribution < -0.4 is 0 Å². The maximum Gasteiger partial charge on any atom is 0.417 e. The lowest BCUT2D eigenvalue weighted by Gasteiger charge is -2.05. The minimum Gasteiger partial charge on any atom is -0.337 e. The van der Waals surface area contributed by atoms with Crippen molar-refractivity contribution in [2.75, 3.05) is 0 Å². The molecule has 3 nitrogen and oxygen atoms in total. The van der Waals surface area contributed by atoms with Crippen molar-refractivity contribution in [2.45, 2.75) is 6.18 Å². The number of fused-ring (bicyclic) bond motifs is 1. The average molecular weight is 360 g/mol. The maximum atomic E-state index is 13.4. The number of pyridine rings is 1. The van der Waals surface area contributed by atoms with Crippen LogP contribution in [0.1, 0.15) is 5.56 Å². The molecule has 0 radical (unpaired) electrons. The molecule has 8 heteroatoms. The summed E-state index contributed by atoms with van der Waals surface area (Å²) < 4.78 is 51.1. The number of imidazole rings is 1. The van der Waals surface area contributed by atoms with Gasteiger partial charge in [-0.1, -0.05) is 0 Å². The van der Waals surface area contributed by atoms with Crippen LogP contribution in [0.5, 0.6) is 0 Å². The van der Waals surface area contributed by atoms with Gasteiger partial charge in [0.2, 0.25) is 0 Å². The Labute approximate surface area is 124 Å². The minimum atomic E-state index is -4.44. The summed E-state index contributed by atoms with van der Waals surface area (Å²) in [5, 5.41) is 0. The first-order valence-electron chi connectivity index (χ1n) is 5.73. The van der Waals surface area contributed by atoms with E-state index >= 15 is 0 Å². The van der Waals surface area contributed by atoms with E-state index in [1.165, 1.54) is 18.2 Å². The van der Waals surface area contributed by atoms with Gasteiger partial charge in [-0.2, -0.15) is 13.2 Å². The zero-order chi connectivity index (χ0) is 15.2. The van der Waals surface area contributed by atoms with Crippen molar-refractivity contribution in [1.82, 2.24) is 15.0 Å². The molecule has 1 aromatic carbocycles. The van der Waals surface area contributed by atoms with Gasteiger partial charge in [0.25, 0.3) is 0 Å². The van der Waals surface area contributed by atoms with Crippen molar-refractivity contribution in [2.24, 2.45) is 0 Å². The van der Waals surface area contributed by atoms with Gasteiger partial charge < -0.3 is 4.98 Å². The second-order valence-electron chi connectivity index (χ2n) is 4.30. The molecule has 0 aliphatic rings. The van der Waals surface area contributed by atoms with Crippen LogP contribution in [0, 0.1) is 5.82 Å². The van der Waals surface area contributed by atoms with Gasteiger partial charge >= 0.3 is 6.18 Å². The molecule has 0 amide bonds. The van der Waals surface area contributed by atoms with Crippen molar-refractivity contribution in [3.8, 4) is 11.5 Å². The number of halogens is 5. The maximum absolute atomic E-state index is 13.4. The van der Waals surface area contributed by atoms with E-state index in [0.717, 1.165) is 12.3 Å². The molecule has 2 aromatic heterocycles. The first-order chi connectivity index (χ1) is 9.84. The van der Waals surface area contributed by atoms with E-state index in [-0.39, 0.29) is 16.0 Å². The van der Waals surface area contributed by atoms with E-state index in [2.05, 4.69) is 30.9 Å². The number of rotatable bonds is 1. The number of benzene rings is 1. The fraction of sp³-hybridized carbons (Fsp3) is 0.0769. The molecule has 108 valence electrons. The fourth-order valence-electron chi connectivity index (χ4n) is 1.83. The predicted octanol–water partition coefficient (Wildman–Crippen LogP) is 4.55. The highest BCUT2D eigenvalue weighted by molar-refractivity contribution is 9.10. The second-order valence-corrected chi connectivity index (χ2v) is 5.15. The van der Waals surface area contributed by atoms with Gasteiger partial charge in [-0.25, -0.2) is 9.37 Å². The van der Waals surface area contributed by atoms with Gasteiger partial charge in [-0.15, -0.1) is 0 Å². The molecule has 3 aromatic rings. The first-order valence-corrected chi connectivity index (χ1v) is 6.52. The third-order valence-corrected chi connectivity index (χ3v) is 3.47. The quantitative estimate of drug-likeness (QED) is 0.647. The summed E-state index contributed by atoms with van der Waals surface area (Å²) in [5.74, 6) is -0.186. The Kier molecular flexibility index (Phi) is 3.20. The van der Waals surface area contributed by atoms with Gasteiger partial charge in [0.1, 0.15) is 11.5 Å². The molecule has 3 rings (SSSR count). The number of H-pyrrole nitrogens is 1. The number of hydrogen-bond acceptors (Lipinski definition) is 2. The molecular weight excluding hydrogens is 354 g/mol. The van der Waals surface area contributed by atoms with Gasteiger partial charge in [0, 0.05) is 12.3 Å². The Morgan fingerprint density at radius 1 is 1.14 bits per heavy atom. The first kappa shape index (κ1) is 14.0. The van der Waals surface area contributed by atoms with Crippen molar-refractivity contribution in [3.05, 3.63) is 46.3 Å². The van der Waals surface area contributed by atoms with Crippen LogP contribution in [0.2, 0.25) is 0 Å². The summed E-state index contributed by atoms with van der Waals surface area (Å²) in [6.07, 6.45) is -3.70. The summed E-state index contributed by atoms with van der Waals surface area (Å²) in [6, 6.07) is 4.87. The third kappa shape index (κ3) is 2.63. The number of aromatic nitrogens is 3. The van der Waals surface area contributed by atoms with Crippen molar-refractivity contribution < 1.29 is 17.6 Å². The molecule has 0 atom stereocenters. The molecule has 0 aliphatic carbocycles. The third-order valence-electron chi connectivity index (χ3n) is 2.86. The molecule has 2 heterocycles. The van der Waals surface area contributed by atoms with Crippen LogP contribution in [0.3, 0.4) is 0 Å². The largest absolute Gasteiger partial charge is 0.417 e. The van der Waals surface area contributed by atoms with Gasteiger partial charge in [0.15, 0.2) is 5.82 Å². The highest BCUT2D eigenvalue weighted by Crippen LogP contribution is 2.30. The topological polar surface area (TPSA) is 41.6 Å². The number of aromatic amines is 1. The van der Waals surface area contributed by atoms with Crippen molar-refractivity contribution in [3.63, 3.8) is 0 Å². The molecule has 0 saturated heterocycles. The number of hydrogen-bond donors (Lipinski definition) is 1. The van der Waals surface area contributed by atoms with E-state index in [0.29, 0.717) is 11.0 Å². The Hall–Kier alpha value is -1.96. The summed E-state index contributed by atoms with van der Waals surface area (Å²) in [5.41, 5.74) is 0.333. The Bertz CT molecular complexity index is 770. The normalized spacial score (nSPS) is 12.0. The highest BCUT2D eigenvalue weighted by atomic mass is 79.9. The second kappa shape index (κ2) is 4.80. The lowest BCUT2D eigenvalue weighted by molar-refractivity contribution is -0.137. The molecular formula is C13H6BrF4N3. The number of alkyl halides is 3. The highest BCUT2D eigenvalue weighted by Gasteiger charge is 2.30. The van der Waals surface area contributed by atoms with Crippen molar-refractivity contribution in [1.29, 1.82) is 0 Å². The lowest BCUT2D eigenvalue weighted by atomic mass is 10.2. The smallest absolute Gasteiger partial charge is 0.337 e. The van der Waals surface area contributed by atoms with Gasteiger partial charge in [0.05, 0.1) is 21.1 Å². The van der Waals surface area contributed by atoms with Gasteiger partial charge in [-0.05, 0) is 34.1 Å². The molecule has 1 N–H and O–H groups in total. The molecule has 21 heavy (non-hydrogen) atoms. The van der Waals surface area contributed by atoms with E-state index in [1.54, 1.807) is 0 Å². The fourth-order valence-corrected chi connectivity index (χ4v) is 2.16. The predicted molar refractivity (Wildman–Crippen MR) is 72.0 cm³/mol. The van der Waals surface area contributed by atoms with Crippen LogP contribution in [0.15, 0.2) is 34.9 Å². The summed E-state index contributed by atoms with van der Waals surface area (Å²) >= 11 is 3.04. The number of nitrogens with zero attached hydrogens (tertiary/aromatic N) is 2. The van der Waals surface area contributed by atoms with Crippen LogP contribution in [-0.4, -0.2) is 15.0 Å². The molecule has 0 bridgehead atoms. The zero-order valence-corrected chi connectivity index (χ0v) is 11.8. The standard InChI is InChI=1S/C13H6BrF4N3/c14-7-3-10-11(4-8(7)15)21-12(20-10)9-2-1-6(5-19-9)13(16,17)18/h1-5H,(H,20,21). The molecule has 0 spiro atoms. The minimum absolute atomic E-state index is 0.246. The van der Waals surface area contributed by atoms with Crippen LogP contribution in [0.4, 0.5) is 17.6 Å². The summed E-state index contributed by atoms with van der Waals surface area (Å²) in [6.45, 7) is 0. The summed E-state index contributed by atoms with van der Waals surface area (Å²) in [7, 11) is 0. The Balaban J connectivity index is 2.04. The molecule has 0 saturated carbocycles. The molecule has 0 unspecified atom stereocenters. The molecule has 0 fully saturated rings. The average Bonchev–Trinajstić information content (AvgIpc) is 2.81. The van der Waals surface area contributed by atoms with Crippen LogP contribution in [-0.2, 0) is 6.18 Å². The van der Waals surface area contributed by atoms with E-state index in [4.69, 9.17) is 0 Å². The summed E-state index contributed by atoms with van der Waals surface area (Å²) in [4.78, 5) is 10.7. The van der Waals surface area contributed by atoms with Crippen molar-refractivity contribution >= 4 is 27.0 Å².